The van der Waals surface area contributed by atoms with E-state index in [2.05, 4.69) is 0 Å². The van der Waals surface area contributed by atoms with Crippen LogP contribution in [-0.2, 0) is 0 Å². The lowest BCUT2D eigenvalue weighted by Gasteiger charge is -1.99. The molecule has 0 saturated carbocycles. The minimum Gasteiger partial charge on any atom is -0.478 e. The van der Waals surface area contributed by atoms with E-state index in [0.717, 1.165) is 25.7 Å². The topological polar surface area (TPSA) is 190 Å². The van der Waals surface area contributed by atoms with Crippen LogP contribution < -0.4 is 0 Å². The number of carboxylic acids is 4. The molecule has 198 valence electrons. The Bertz CT molecular complexity index is 812. The molecular formula is C26H34O10. The average molecular weight is 507 g/mol. The van der Waals surface area contributed by atoms with E-state index in [1.165, 1.54) is 74.2 Å². The zero-order valence-corrected chi connectivity index (χ0v) is 20.0. The summed E-state index contributed by atoms with van der Waals surface area (Å²) in [7, 11) is 0. The highest BCUT2D eigenvalue weighted by Crippen LogP contribution is 2.09. The summed E-state index contributed by atoms with van der Waals surface area (Å²) in [5.41, 5.74) is -0.759. The molecule has 0 aliphatic heterocycles. The number of rotatable bonds is 13. The third-order valence-corrected chi connectivity index (χ3v) is 4.84. The molecule has 2 rings (SSSR count). The summed E-state index contributed by atoms with van der Waals surface area (Å²) in [4.78, 5) is 41.9. The van der Waals surface area contributed by atoms with Gasteiger partial charge in [-0.05, 0) is 37.1 Å². The quantitative estimate of drug-likeness (QED) is 0.214. The van der Waals surface area contributed by atoms with Crippen LogP contribution in [0.25, 0.3) is 0 Å². The smallest absolute Gasteiger partial charge is 0.336 e. The second-order valence-electron chi connectivity index (χ2n) is 7.59. The van der Waals surface area contributed by atoms with Crippen LogP contribution in [0.4, 0.5) is 0 Å². The van der Waals surface area contributed by atoms with Crippen LogP contribution in [0.2, 0.25) is 0 Å². The highest BCUT2D eigenvalue weighted by molar-refractivity contribution is 6.02. The molecule has 10 nitrogen and oxygen atoms in total. The minimum absolute atomic E-state index is 0.190. The van der Waals surface area contributed by atoms with Crippen LogP contribution in [0.15, 0.2) is 48.5 Å². The minimum atomic E-state index is -1.23. The van der Waals surface area contributed by atoms with Crippen molar-refractivity contribution in [2.75, 3.05) is 13.2 Å². The molecule has 0 atom stereocenters. The lowest BCUT2D eigenvalue weighted by Crippen LogP contribution is -2.06. The SMILES string of the molecule is O=C(O)c1ccccc1C(=O)O.O=C(O)c1ccccc1C(=O)O.OCCCCCCCCCCO. The molecule has 0 bridgehead atoms. The molecule has 0 unspecified atom stereocenters. The van der Waals surface area contributed by atoms with Crippen LogP contribution in [-0.4, -0.2) is 67.7 Å². The van der Waals surface area contributed by atoms with Gasteiger partial charge in [0.2, 0.25) is 0 Å². The Morgan fingerprint density at radius 1 is 0.417 bits per heavy atom. The fourth-order valence-electron chi connectivity index (χ4n) is 3.00. The van der Waals surface area contributed by atoms with Gasteiger partial charge in [-0.3, -0.25) is 0 Å². The Morgan fingerprint density at radius 2 is 0.611 bits per heavy atom. The van der Waals surface area contributed by atoms with Gasteiger partial charge in [-0.1, -0.05) is 62.8 Å². The van der Waals surface area contributed by atoms with Crippen LogP contribution in [0.5, 0.6) is 0 Å². The predicted octanol–water partition coefficient (Wildman–Crippen LogP) is 4.26. The van der Waals surface area contributed by atoms with Crippen molar-refractivity contribution in [1.82, 2.24) is 0 Å². The lowest BCUT2D eigenvalue weighted by molar-refractivity contribution is 0.0651. The summed E-state index contributed by atoms with van der Waals surface area (Å²) in [6.07, 6.45) is 9.30. The van der Waals surface area contributed by atoms with Crippen molar-refractivity contribution in [2.24, 2.45) is 0 Å². The molecule has 0 aliphatic carbocycles. The number of carboxylic acid groups (broad SMARTS) is 4. The van der Waals surface area contributed by atoms with Gasteiger partial charge >= 0.3 is 23.9 Å². The molecule has 36 heavy (non-hydrogen) atoms. The summed E-state index contributed by atoms with van der Waals surface area (Å²) >= 11 is 0. The molecule has 0 radical (unpaired) electrons. The third kappa shape index (κ3) is 13.8. The molecule has 2 aromatic rings. The molecule has 0 fully saturated rings. The number of aliphatic hydroxyl groups excluding tert-OH is 2. The molecule has 0 aromatic heterocycles. The Hall–Kier alpha value is -3.76. The van der Waals surface area contributed by atoms with Crippen molar-refractivity contribution < 1.29 is 49.8 Å². The van der Waals surface area contributed by atoms with Gasteiger partial charge in [0, 0.05) is 13.2 Å². The van der Waals surface area contributed by atoms with Gasteiger partial charge in [0.15, 0.2) is 0 Å². The fourth-order valence-corrected chi connectivity index (χ4v) is 3.00. The van der Waals surface area contributed by atoms with E-state index in [9.17, 15) is 19.2 Å². The van der Waals surface area contributed by atoms with E-state index in [1.807, 2.05) is 0 Å². The molecular weight excluding hydrogens is 472 g/mol. The molecule has 0 aliphatic rings. The summed E-state index contributed by atoms with van der Waals surface area (Å²) in [6.45, 7) is 0.676. The normalized spacial score (nSPS) is 9.72. The highest BCUT2D eigenvalue weighted by atomic mass is 16.4. The van der Waals surface area contributed by atoms with Gasteiger partial charge in [-0.2, -0.15) is 0 Å². The molecule has 0 heterocycles. The Balaban J connectivity index is 0.000000510. The number of aromatic carboxylic acids is 4. The first-order chi connectivity index (χ1) is 17.2. The van der Waals surface area contributed by atoms with Crippen molar-refractivity contribution in [2.45, 2.75) is 51.4 Å². The number of hydrogen-bond acceptors (Lipinski definition) is 6. The van der Waals surface area contributed by atoms with E-state index in [0.29, 0.717) is 13.2 Å². The largest absolute Gasteiger partial charge is 0.478 e. The first kappa shape index (κ1) is 32.2. The summed E-state index contributed by atoms with van der Waals surface area (Å²) in [5, 5.41) is 51.2. The first-order valence-electron chi connectivity index (χ1n) is 11.5. The van der Waals surface area contributed by atoms with Gasteiger partial charge in [-0.25, -0.2) is 19.2 Å². The Morgan fingerprint density at radius 3 is 0.778 bits per heavy atom. The van der Waals surface area contributed by atoms with Crippen molar-refractivity contribution in [3.63, 3.8) is 0 Å². The maximum Gasteiger partial charge on any atom is 0.336 e. The van der Waals surface area contributed by atoms with Crippen LogP contribution >= 0.6 is 0 Å². The zero-order chi connectivity index (χ0) is 27.3. The van der Waals surface area contributed by atoms with Crippen molar-refractivity contribution in [3.8, 4) is 0 Å². The standard InChI is InChI=1S/C10H22O2.2C8H6O4/c11-9-7-5-3-1-2-4-6-8-10-12;2*9-7(10)5-3-1-2-4-6(5)8(11)12/h11-12H,1-10H2;2*1-4H,(H,9,10)(H,11,12). The number of benzene rings is 2. The van der Waals surface area contributed by atoms with Crippen molar-refractivity contribution in [3.05, 3.63) is 70.8 Å². The Labute approximate surface area is 209 Å². The maximum atomic E-state index is 10.5. The summed E-state index contributed by atoms with van der Waals surface area (Å²) in [6, 6.07) is 11.0. The van der Waals surface area contributed by atoms with Gasteiger partial charge < -0.3 is 30.6 Å². The fraction of sp³-hybridized carbons (Fsp3) is 0.385. The molecule has 0 spiro atoms. The zero-order valence-electron chi connectivity index (χ0n) is 20.0. The predicted molar refractivity (Wildman–Crippen MR) is 132 cm³/mol. The van der Waals surface area contributed by atoms with E-state index >= 15 is 0 Å². The van der Waals surface area contributed by atoms with Gasteiger partial charge in [-0.15, -0.1) is 0 Å². The monoisotopic (exact) mass is 506 g/mol. The van der Waals surface area contributed by atoms with Crippen molar-refractivity contribution in [1.29, 1.82) is 0 Å². The maximum absolute atomic E-state index is 10.5. The number of hydrogen-bond donors (Lipinski definition) is 6. The second-order valence-corrected chi connectivity index (χ2v) is 7.59. The summed E-state index contributed by atoms with van der Waals surface area (Å²) in [5.74, 6) is -4.91. The van der Waals surface area contributed by atoms with Crippen LogP contribution in [0.1, 0.15) is 92.8 Å². The van der Waals surface area contributed by atoms with Crippen LogP contribution in [0, 0.1) is 0 Å². The second kappa shape index (κ2) is 19.5. The summed E-state index contributed by atoms with van der Waals surface area (Å²) < 4.78 is 0. The van der Waals surface area contributed by atoms with Gasteiger partial charge in [0.05, 0.1) is 22.3 Å². The first-order valence-corrected chi connectivity index (χ1v) is 11.5. The number of unbranched alkanes of at least 4 members (excludes halogenated alkanes) is 7. The third-order valence-electron chi connectivity index (χ3n) is 4.84. The van der Waals surface area contributed by atoms with Gasteiger partial charge in [0.1, 0.15) is 0 Å². The van der Waals surface area contributed by atoms with Crippen molar-refractivity contribution >= 4 is 23.9 Å². The molecule has 6 N–H and O–H groups in total. The van der Waals surface area contributed by atoms with E-state index < -0.39 is 23.9 Å². The molecule has 2 aromatic carbocycles. The molecule has 0 saturated heterocycles. The number of carbonyl (C=O) groups is 4. The molecule has 10 heteroatoms. The van der Waals surface area contributed by atoms with E-state index in [-0.39, 0.29) is 22.3 Å². The van der Waals surface area contributed by atoms with E-state index in [4.69, 9.17) is 30.6 Å². The Kier molecular flexibility index (Phi) is 17.5. The number of aliphatic hydroxyl groups is 2. The van der Waals surface area contributed by atoms with Gasteiger partial charge in [0.25, 0.3) is 0 Å². The van der Waals surface area contributed by atoms with Crippen LogP contribution in [0.3, 0.4) is 0 Å². The lowest BCUT2D eigenvalue weighted by atomic mass is 10.1. The highest BCUT2D eigenvalue weighted by Gasteiger charge is 2.14. The average Bonchev–Trinajstić information content (AvgIpc) is 2.86. The van der Waals surface area contributed by atoms with E-state index in [1.54, 1.807) is 0 Å². The molecule has 0 amide bonds.